The number of amides is 3. The third-order valence-corrected chi connectivity index (χ3v) is 7.37. The first-order chi connectivity index (χ1) is 18.4. The number of piperidine rings is 1. The van der Waals surface area contributed by atoms with Crippen molar-refractivity contribution in [2.45, 2.75) is 53.0 Å². The lowest BCUT2D eigenvalue weighted by Gasteiger charge is -2.45. The summed E-state index contributed by atoms with van der Waals surface area (Å²) in [5.74, 6) is -1.47. The van der Waals surface area contributed by atoms with Gasteiger partial charge < -0.3 is 20.3 Å². The number of nitrogens with zero attached hydrogens (tertiary/aromatic N) is 1. The summed E-state index contributed by atoms with van der Waals surface area (Å²) in [4.78, 5) is 52.7. The second-order valence-corrected chi connectivity index (χ2v) is 11.3. The van der Waals surface area contributed by atoms with Gasteiger partial charge in [-0.2, -0.15) is 0 Å². The van der Waals surface area contributed by atoms with Gasteiger partial charge in [-0.1, -0.05) is 57.5 Å². The molecule has 1 heterocycles. The molecule has 0 aliphatic carbocycles. The van der Waals surface area contributed by atoms with E-state index in [4.69, 9.17) is 16.3 Å². The van der Waals surface area contributed by atoms with Gasteiger partial charge in [0, 0.05) is 29.2 Å². The largest absolute Gasteiger partial charge is 0.465 e. The van der Waals surface area contributed by atoms with E-state index in [2.05, 4.69) is 36.6 Å². The van der Waals surface area contributed by atoms with Crippen LogP contribution in [0.2, 0.25) is 5.02 Å². The quantitative estimate of drug-likeness (QED) is 0.445. The Morgan fingerprint density at radius 3 is 2.28 bits per heavy atom. The Hall–Kier alpha value is -3.39. The highest BCUT2D eigenvalue weighted by molar-refractivity contribution is 6.30. The molecule has 0 aromatic heterocycles. The Kier molecular flexibility index (Phi) is 10.1. The first kappa shape index (κ1) is 30.2. The first-order valence-corrected chi connectivity index (χ1v) is 13.7. The molecule has 2 aromatic rings. The van der Waals surface area contributed by atoms with Gasteiger partial charge in [-0.15, -0.1) is 0 Å². The summed E-state index contributed by atoms with van der Waals surface area (Å²) >= 11 is 6.07. The standard InChI is InChI=1S/C30H38ClN3O5/c1-6-39-25(35)17-32-27(36)21-8-7-9-22(16-21)28(37)33-26(19(2)3)29(38)34-15-14-24(30(4,5)18-34)20-10-12-23(31)13-11-20/h7-13,16,19,24,26H,6,14-15,17-18H2,1-5H3,(H,32,36)(H,33,37). The molecule has 3 amide bonds. The van der Waals surface area contributed by atoms with Gasteiger partial charge in [0.2, 0.25) is 5.91 Å². The number of likely N-dealkylation sites (tertiary alicyclic amines) is 1. The molecule has 8 nitrogen and oxygen atoms in total. The van der Waals surface area contributed by atoms with E-state index in [1.165, 1.54) is 11.6 Å². The van der Waals surface area contributed by atoms with Crippen molar-refractivity contribution in [3.8, 4) is 0 Å². The summed E-state index contributed by atoms with van der Waals surface area (Å²) in [6, 6.07) is 13.3. The minimum Gasteiger partial charge on any atom is -0.465 e. The first-order valence-electron chi connectivity index (χ1n) is 13.3. The highest BCUT2D eigenvalue weighted by atomic mass is 35.5. The Morgan fingerprint density at radius 2 is 1.69 bits per heavy atom. The van der Waals surface area contributed by atoms with Gasteiger partial charge in [-0.3, -0.25) is 19.2 Å². The number of rotatable bonds is 9. The molecule has 0 saturated carbocycles. The van der Waals surface area contributed by atoms with Gasteiger partial charge in [0.15, 0.2) is 0 Å². The van der Waals surface area contributed by atoms with Crippen LogP contribution < -0.4 is 10.6 Å². The molecule has 2 unspecified atom stereocenters. The van der Waals surface area contributed by atoms with Crippen LogP contribution in [0.1, 0.15) is 73.2 Å². The third-order valence-electron chi connectivity index (χ3n) is 7.12. The second kappa shape index (κ2) is 13.1. The fourth-order valence-corrected chi connectivity index (χ4v) is 5.19. The highest BCUT2D eigenvalue weighted by Gasteiger charge is 2.40. The molecule has 1 fully saturated rings. The normalized spacial score (nSPS) is 17.3. The molecule has 1 saturated heterocycles. The van der Waals surface area contributed by atoms with E-state index in [1.54, 1.807) is 25.1 Å². The van der Waals surface area contributed by atoms with Crippen LogP contribution in [0, 0.1) is 11.3 Å². The summed E-state index contributed by atoms with van der Waals surface area (Å²) in [5, 5.41) is 6.07. The molecule has 2 atom stereocenters. The monoisotopic (exact) mass is 555 g/mol. The summed E-state index contributed by atoms with van der Waals surface area (Å²) in [7, 11) is 0. The zero-order valence-corrected chi connectivity index (χ0v) is 24.0. The van der Waals surface area contributed by atoms with E-state index in [0.717, 1.165) is 6.42 Å². The Balaban J connectivity index is 1.67. The minimum atomic E-state index is -0.721. The van der Waals surface area contributed by atoms with E-state index in [9.17, 15) is 19.2 Å². The number of ether oxygens (including phenoxy) is 1. The van der Waals surface area contributed by atoms with E-state index in [-0.39, 0.29) is 47.4 Å². The molecule has 210 valence electrons. The predicted octanol–water partition coefficient (Wildman–Crippen LogP) is 4.43. The average molecular weight is 556 g/mol. The number of carbonyl (C=O) groups is 4. The third kappa shape index (κ3) is 7.82. The van der Waals surface area contributed by atoms with Crippen molar-refractivity contribution in [1.82, 2.24) is 15.5 Å². The highest BCUT2D eigenvalue weighted by Crippen LogP contribution is 2.42. The van der Waals surface area contributed by atoms with Gasteiger partial charge in [-0.25, -0.2) is 0 Å². The zero-order chi connectivity index (χ0) is 28.7. The smallest absolute Gasteiger partial charge is 0.325 e. The van der Waals surface area contributed by atoms with Gasteiger partial charge in [0.05, 0.1) is 6.61 Å². The number of benzene rings is 2. The molecular weight excluding hydrogens is 518 g/mol. The van der Waals surface area contributed by atoms with Crippen molar-refractivity contribution in [3.05, 3.63) is 70.2 Å². The van der Waals surface area contributed by atoms with Crippen molar-refractivity contribution in [2.24, 2.45) is 11.3 Å². The summed E-state index contributed by atoms with van der Waals surface area (Å²) < 4.78 is 4.82. The van der Waals surface area contributed by atoms with Crippen molar-refractivity contribution in [1.29, 1.82) is 0 Å². The molecule has 0 radical (unpaired) electrons. The van der Waals surface area contributed by atoms with Gasteiger partial charge in [-0.05, 0) is 66.5 Å². The SMILES string of the molecule is CCOC(=O)CNC(=O)c1cccc(C(=O)NC(C(=O)N2CCC(c3ccc(Cl)cc3)C(C)(C)C2)C(C)C)c1. The maximum atomic E-state index is 13.6. The Labute approximate surface area is 235 Å². The van der Waals surface area contributed by atoms with Crippen molar-refractivity contribution >= 4 is 35.3 Å². The minimum absolute atomic E-state index is 0.121. The maximum absolute atomic E-state index is 13.6. The Morgan fingerprint density at radius 1 is 1.05 bits per heavy atom. The number of hydrogen-bond donors (Lipinski definition) is 2. The lowest BCUT2D eigenvalue weighted by Crippen LogP contribution is -2.55. The summed E-state index contributed by atoms with van der Waals surface area (Å²) in [5.41, 5.74) is 1.51. The number of halogens is 1. The lowest BCUT2D eigenvalue weighted by atomic mass is 9.70. The fourth-order valence-electron chi connectivity index (χ4n) is 5.06. The molecule has 1 aliphatic rings. The van der Waals surface area contributed by atoms with Crippen LogP contribution in [0.3, 0.4) is 0 Å². The van der Waals surface area contributed by atoms with Crippen LogP contribution in [0.4, 0.5) is 0 Å². The summed E-state index contributed by atoms with van der Waals surface area (Å²) in [6.45, 7) is 10.9. The van der Waals surface area contributed by atoms with Crippen molar-refractivity contribution in [3.63, 3.8) is 0 Å². The van der Waals surface area contributed by atoms with Gasteiger partial charge in [0.25, 0.3) is 11.8 Å². The predicted molar refractivity (Wildman–Crippen MR) is 151 cm³/mol. The van der Waals surface area contributed by atoms with E-state index in [0.29, 0.717) is 18.1 Å². The van der Waals surface area contributed by atoms with Crippen molar-refractivity contribution in [2.75, 3.05) is 26.2 Å². The van der Waals surface area contributed by atoms with E-state index < -0.39 is 23.8 Å². The number of esters is 1. The van der Waals surface area contributed by atoms with E-state index in [1.807, 2.05) is 30.9 Å². The average Bonchev–Trinajstić information content (AvgIpc) is 2.90. The molecular formula is C30H38ClN3O5. The lowest BCUT2D eigenvalue weighted by molar-refractivity contribution is -0.141. The number of hydrogen-bond acceptors (Lipinski definition) is 5. The van der Waals surface area contributed by atoms with Crippen LogP contribution in [0.25, 0.3) is 0 Å². The van der Waals surface area contributed by atoms with Crippen molar-refractivity contribution < 1.29 is 23.9 Å². The van der Waals surface area contributed by atoms with Crippen LogP contribution in [0.15, 0.2) is 48.5 Å². The second-order valence-electron chi connectivity index (χ2n) is 10.9. The van der Waals surface area contributed by atoms with E-state index >= 15 is 0 Å². The van der Waals surface area contributed by atoms with Gasteiger partial charge in [0.1, 0.15) is 12.6 Å². The molecule has 39 heavy (non-hydrogen) atoms. The molecule has 0 bridgehead atoms. The molecule has 9 heteroatoms. The topological polar surface area (TPSA) is 105 Å². The zero-order valence-electron chi connectivity index (χ0n) is 23.3. The maximum Gasteiger partial charge on any atom is 0.325 e. The molecule has 1 aliphatic heterocycles. The van der Waals surface area contributed by atoms with Crippen LogP contribution in [-0.4, -0.2) is 60.9 Å². The molecule has 2 N–H and O–H groups in total. The van der Waals surface area contributed by atoms with Gasteiger partial charge >= 0.3 is 5.97 Å². The number of carbonyl (C=O) groups excluding carboxylic acids is 4. The number of nitrogens with one attached hydrogen (secondary N) is 2. The molecule has 3 rings (SSSR count). The van der Waals surface area contributed by atoms with Crippen LogP contribution >= 0.6 is 11.6 Å². The summed E-state index contributed by atoms with van der Waals surface area (Å²) in [6.07, 6.45) is 0.808. The van der Waals surface area contributed by atoms with Crippen LogP contribution in [0.5, 0.6) is 0 Å². The molecule has 0 spiro atoms. The van der Waals surface area contributed by atoms with Crippen LogP contribution in [-0.2, 0) is 14.3 Å². The Bertz CT molecular complexity index is 1200. The molecule has 2 aromatic carbocycles. The fraction of sp³-hybridized carbons (Fsp3) is 0.467.